The molecule has 0 saturated heterocycles. The Morgan fingerprint density at radius 3 is 2.46 bits per heavy atom. The lowest BCUT2D eigenvalue weighted by Crippen LogP contribution is -2.07. The highest BCUT2D eigenvalue weighted by Crippen LogP contribution is 2.34. The van der Waals surface area contributed by atoms with E-state index in [1.54, 1.807) is 13.8 Å². The topological polar surface area (TPSA) is 9.23 Å². The highest BCUT2D eigenvalue weighted by atomic mass is 35.5. The predicted octanol–water partition coefficient (Wildman–Crippen LogP) is 3.92. The zero-order chi connectivity index (χ0) is 10.0. The van der Waals surface area contributed by atoms with Gasteiger partial charge in [0.2, 0.25) is 0 Å². The average molecular weight is 223 g/mol. The summed E-state index contributed by atoms with van der Waals surface area (Å²) in [5.41, 5.74) is 0. The molecule has 0 N–H and O–H groups in total. The van der Waals surface area contributed by atoms with E-state index >= 15 is 0 Å². The maximum Gasteiger partial charge on any atom is 0.175 e. The van der Waals surface area contributed by atoms with E-state index in [2.05, 4.69) is 0 Å². The van der Waals surface area contributed by atoms with Gasteiger partial charge in [0.05, 0.1) is 11.1 Å². The maximum absolute atomic E-state index is 13.1. The molecule has 1 nitrogen and oxygen atoms in total. The number of halogens is 3. The minimum Gasteiger partial charge on any atom is -0.486 e. The summed E-state index contributed by atoms with van der Waals surface area (Å²) >= 11 is 11.4. The first kappa shape index (κ1) is 10.6. The van der Waals surface area contributed by atoms with Crippen molar-refractivity contribution in [2.24, 2.45) is 0 Å². The highest BCUT2D eigenvalue weighted by molar-refractivity contribution is 6.42. The smallest absolute Gasteiger partial charge is 0.175 e. The van der Waals surface area contributed by atoms with Gasteiger partial charge in [-0.15, -0.1) is 0 Å². The maximum atomic E-state index is 13.1. The summed E-state index contributed by atoms with van der Waals surface area (Å²) in [4.78, 5) is 0. The lowest BCUT2D eigenvalue weighted by atomic mass is 10.3. The second-order valence-corrected chi connectivity index (χ2v) is 3.62. The predicted molar refractivity (Wildman–Crippen MR) is 52.2 cm³/mol. The zero-order valence-corrected chi connectivity index (χ0v) is 8.79. The van der Waals surface area contributed by atoms with Gasteiger partial charge in [-0.3, -0.25) is 0 Å². The van der Waals surface area contributed by atoms with Crippen molar-refractivity contribution in [3.63, 3.8) is 0 Å². The second-order valence-electron chi connectivity index (χ2n) is 2.84. The van der Waals surface area contributed by atoms with Crippen LogP contribution in [0.15, 0.2) is 12.1 Å². The van der Waals surface area contributed by atoms with Crippen LogP contribution in [0.4, 0.5) is 4.39 Å². The van der Waals surface area contributed by atoms with Crippen LogP contribution in [0.5, 0.6) is 5.75 Å². The normalized spacial score (nSPS) is 10.6. The van der Waals surface area contributed by atoms with Crippen molar-refractivity contribution < 1.29 is 9.13 Å². The van der Waals surface area contributed by atoms with Crippen molar-refractivity contribution in [1.82, 2.24) is 0 Å². The molecule has 0 aliphatic carbocycles. The van der Waals surface area contributed by atoms with E-state index in [0.29, 0.717) is 5.02 Å². The zero-order valence-electron chi connectivity index (χ0n) is 7.27. The fourth-order valence-electron chi connectivity index (χ4n) is 0.852. The van der Waals surface area contributed by atoms with Crippen molar-refractivity contribution in [1.29, 1.82) is 0 Å². The fourth-order valence-corrected chi connectivity index (χ4v) is 1.20. The first-order chi connectivity index (χ1) is 6.02. The van der Waals surface area contributed by atoms with Crippen LogP contribution in [0.2, 0.25) is 10.0 Å². The van der Waals surface area contributed by atoms with E-state index < -0.39 is 5.82 Å². The SMILES string of the molecule is CC(C)Oc1c(F)ccc(Cl)c1Cl. The summed E-state index contributed by atoms with van der Waals surface area (Å²) < 4.78 is 18.3. The molecule has 0 spiro atoms. The Morgan fingerprint density at radius 2 is 1.92 bits per heavy atom. The molecule has 13 heavy (non-hydrogen) atoms. The summed E-state index contributed by atoms with van der Waals surface area (Å²) in [6, 6.07) is 2.62. The summed E-state index contributed by atoms with van der Waals surface area (Å²) in [5, 5.41) is 0.411. The number of rotatable bonds is 2. The van der Waals surface area contributed by atoms with Crippen molar-refractivity contribution in [2.75, 3.05) is 0 Å². The largest absolute Gasteiger partial charge is 0.486 e. The average Bonchev–Trinajstić information content (AvgIpc) is 2.05. The molecule has 0 aliphatic rings. The highest BCUT2D eigenvalue weighted by Gasteiger charge is 2.13. The van der Waals surface area contributed by atoms with E-state index in [1.807, 2.05) is 0 Å². The molecule has 0 aliphatic heterocycles. The molecule has 0 bridgehead atoms. The molecule has 0 fully saturated rings. The Kier molecular flexibility index (Phi) is 3.40. The van der Waals surface area contributed by atoms with Gasteiger partial charge < -0.3 is 4.74 Å². The van der Waals surface area contributed by atoms with Crippen molar-refractivity contribution in [3.05, 3.63) is 28.0 Å². The van der Waals surface area contributed by atoms with Gasteiger partial charge in [0.1, 0.15) is 5.02 Å². The molecule has 1 rings (SSSR count). The van der Waals surface area contributed by atoms with Gasteiger partial charge in [0.15, 0.2) is 11.6 Å². The molecule has 0 saturated carbocycles. The van der Waals surface area contributed by atoms with E-state index in [9.17, 15) is 4.39 Å². The van der Waals surface area contributed by atoms with Crippen LogP contribution in [0, 0.1) is 5.82 Å². The van der Waals surface area contributed by atoms with Gasteiger partial charge in [0.25, 0.3) is 0 Å². The van der Waals surface area contributed by atoms with Crippen LogP contribution in [0.3, 0.4) is 0 Å². The van der Waals surface area contributed by atoms with Crippen molar-refractivity contribution in [3.8, 4) is 5.75 Å². The van der Waals surface area contributed by atoms with E-state index in [4.69, 9.17) is 27.9 Å². The standard InChI is InChI=1S/C9H9Cl2FO/c1-5(2)13-9-7(12)4-3-6(10)8(9)11/h3-5H,1-2H3. The second kappa shape index (κ2) is 4.16. The third-order valence-electron chi connectivity index (χ3n) is 1.36. The molecule has 72 valence electrons. The Balaban J connectivity index is 3.10. The number of hydrogen-bond donors (Lipinski definition) is 0. The fraction of sp³-hybridized carbons (Fsp3) is 0.333. The van der Waals surface area contributed by atoms with Crippen LogP contribution in [-0.2, 0) is 0 Å². The Hall–Kier alpha value is -0.470. The summed E-state index contributed by atoms with van der Waals surface area (Å²) in [6.45, 7) is 3.58. The summed E-state index contributed by atoms with van der Waals surface area (Å²) in [5.74, 6) is -0.479. The lowest BCUT2D eigenvalue weighted by Gasteiger charge is -2.12. The van der Waals surface area contributed by atoms with Crippen LogP contribution >= 0.6 is 23.2 Å². The van der Waals surface area contributed by atoms with Crippen LogP contribution in [0.25, 0.3) is 0 Å². The number of ether oxygens (including phenoxy) is 1. The number of benzene rings is 1. The molecule has 0 amide bonds. The molecule has 0 aromatic heterocycles. The summed E-state index contributed by atoms with van der Waals surface area (Å²) in [6.07, 6.45) is -0.134. The Bertz CT molecular complexity index is 313. The minimum atomic E-state index is -0.497. The quantitative estimate of drug-likeness (QED) is 0.690. The Labute approximate surface area is 86.4 Å². The molecular formula is C9H9Cl2FO. The van der Waals surface area contributed by atoms with Crippen molar-refractivity contribution >= 4 is 23.2 Å². The first-order valence-corrected chi connectivity index (χ1v) is 4.58. The third kappa shape index (κ3) is 2.48. The molecular weight excluding hydrogens is 214 g/mol. The molecule has 0 radical (unpaired) electrons. The van der Waals surface area contributed by atoms with Crippen LogP contribution in [0.1, 0.15) is 13.8 Å². The first-order valence-electron chi connectivity index (χ1n) is 3.82. The van der Waals surface area contributed by atoms with Gasteiger partial charge >= 0.3 is 0 Å². The lowest BCUT2D eigenvalue weighted by molar-refractivity contribution is 0.231. The van der Waals surface area contributed by atoms with Gasteiger partial charge in [-0.05, 0) is 26.0 Å². The van der Waals surface area contributed by atoms with Gasteiger partial charge in [-0.1, -0.05) is 23.2 Å². The molecule has 0 atom stereocenters. The van der Waals surface area contributed by atoms with Crippen molar-refractivity contribution in [2.45, 2.75) is 20.0 Å². The number of hydrogen-bond acceptors (Lipinski definition) is 1. The van der Waals surface area contributed by atoms with E-state index in [-0.39, 0.29) is 16.9 Å². The monoisotopic (exact) mass is 222 g/mol. The van der Waals surface area contributed by atoms with Crippen LogP contribution in [-0.4, -0.2) is 6.10 Å². The molecule has 0 heterocycles. The van der Waals surface area contributed by atoms with E-state index in [1.165, 1.54) is 12.1 Å². The van der Waals surface area contributed by atoms with Gasteiger partial charge in [-0.2, -0.15) is 0 Å². The minimum absolute atomic E-state index is 0.0177. The van der Waals surface area contributed by atoms with Gasteiger partial charge in [-0.25, -0.2) is 4.39 Å². The Morgan fingerprint density at radius 1 is 1.31 bits per heavy atom. The van der Waals surface area contributed by atoms with Gasteiger partial charge in [0, 0.05) is 0 Å². The third-order valence-corrected chi connectivity index (χ3v) is 2.14. The summed E-state index contributed by atoms with van der Waals surface area (Å²) in [7, 11) is 0. The molecule has 4 heteroatoms. The molecule has 1 aromatic carbocycles. The molecule has 0 unspecified atom stereocenters. The van der Waals surface area contributed by atoms with E-state index in [0.717, 1.165) is 0 Å². The molecule has 1 aromatic rings. The van der Waals surface area contributed by atoms with Crippen LogP contribution < -0.4 is 4.74 Å².